The van der Waals surface area contributed by atoms with E-state index in [-0.39, 0.29) is 22.9 Å². The summed E-state index contributed by atoms with van der Waals surface area (Å²) in [7, 11) is 0. The third kappa shape index (κ3) is 6.57. The van der Waals surface area contributed by atoms with Crippen LogP contribution in [0.1, 0.15) is 59.3 Å². The maximum absolute atomic E-state index is 12.4. The first-order chi connectivity index (χ1) is 9.22. The summed E-state index contributed by atoms with van der Waals surface area (Å²) in [6.45, 7) is 11.5. The molecule has 1 heterocycles. The molecule has 0 bridgehead atoms. The van der Waals surface area contributed by atoms with Gasteiger partial charge < -0.3 is 9.80 Å². The van der Waals surface area contributed by atoms with Crippen LogP contribution in [0.25, 0.3) is 0 Å². The number of amides is 1. The fourth-order valence-corrected chi connectivity index (χ4v) is 3.02. The van der Waals surface area contributed by atoms with E-state index in [2.05, 4.69) is 25.7 Å². The van der Waals surface area contributed by atoms with Crippen molar-refractivity contribution in [2.24, 2.45) is 5.92 Å². The van der Waals surface area contributed by atoms with Crippen molar-refractivity contribution in [3.05, 3.63) is 0 Å². The van der Waals surface area contributed by atoms with Crippen molar-refractivity contribution in [2.45, 2.75) is 59.3 Å². The molecule has 4 heteroatoms. The minimum Gasteiger partial charge on any atom is -0.343 e. The first-order valence-electron chi connectivity index (χ1n) is 8.24. The predicted molar refractivity (Wildman–Crippen MR) is 91.6 cm³/mol. The van der Waals surface area contributed by atoms with Gasteiger partial charge in [-0.2, -0.15) is 0 Å². The van der Waals surface area contributed by atoms with Crippen LogP contribution in [-0.2, 0) is 4.79 Å². The van der Waals surface area contributed by atoms with Gasteiger partial charge >= 0.3 is 0 Å². The van der Waals surface area contributed by atoms with Gasteiger partial charge in [-0.3, -0.25) is 4.79 Å². The second-order valence-corrected chi connectivity index (χ2v) is 5.71. The lowest BCUT2D eigenvalue weighted by Gasteiger charge is -2.34. The molecule has 20 heavy (non-hydrogen) atoms. The Hall–Kier alpha value is -0.0900. The van der Waals surface area contributed by atoms with Crippen LogP contribution in [-0.4, -0.2) is 48.4 Å². The highest BCUT2D eigenvalue weighted by Crippen LogP contribution is 2.19. The number of hydrogen-bond donors (Lipinski definition) is 0. The van der Waals surface area contributed by atoms with E-state index in [1.54, 1.807) is 0 Å². The predicted octanol–water partition coefficient (Wildman–Crippen LogP) is 3.73. The number of halogens is 1. The molecule has 1 rings (SSSR count). The third-order valence-corrected chi connectivity index (χ3v) is 4.26. The zero-order valence-corrected chi connectivity index (χ0v) is 15.3. The first kappa shape index (κ1) is 19.9. The maximum Gasteiger partial charge on any atom is 0.226 e. The van der Waals surface area contributed by atoms with Crippen LogP contribution in [0.2, 0.25) is 0 Å². The summed E-state index contributed by atoms with van der Waals surface area (Å²) in [6, 6.07) is 0. The molecule has 0 aromatic heterocycles. The molecule has 0 spiro atoms. The molecule has 1 saturated heterocycles. The van der Waals surface area contributed by atoms with E-state index in [1.165, 1.54) is 45.2 Å². The SMILES string of the molecule is Br.CCCCCCN1CCCC(C(=O)N(CC)CC)C1. The van der Waals surface area contributed by atoms with E-state index >= 15 is 0 Å². The highest BCUT2D eigenvalue weighted by molar-refractivity contribution is 8.93. The van der Waals surface area contributed by atoms with Crippen molar-refractivity contribution < 1.29 is 4.79 Å². The normalized spacial score (nSPS) is 19.4. The lowest BCUT2D eigenvalue weighted by molar-refractivity contribution is -0.137. The zero-order valence-electron chi connectivity index (χ0n) is 13.6. The minimum atomic E-state index is 0. The van der Waals surface area contributed by atoms with Gasteiger partial charge in [-0.05, 0) is 46.2 Å². The molecule has 3 nitrogen and oxygen atoms in total. The number of nitrogens with zero attached hydrogens (tertiary/aromatic N) is 2. The summed E-state index contributed by atoms with van der Waals surface area (Å²) in [5.41, 5.74) is 0. The van der Waals surface area contributed by atoms with Crippen molar-refractivity contribution in [3.8, 4) is 0 Å². The summed E-state index contributed by atoms with van der Waals surface area (Å²) in [6.07, 6.45) is 7.53. The molecule has 0 saturated carbocycles. The van der Waals surface area contributed by atoms with Crippen LogP contribution in [0.15, 0.2) is 0 Å². The molecule has 1 atom stereocenters. The van der Waals surface area contributed by atoms with E-state index in [9.17, 15) is 4.79 Å². The van der Waals surface area contributed by atoms with E-state index in [4.69, 9.17) is 0 Å². The molecule has 0 N–H and O–H groups in total. The molecule has 1 aliphatic rings. The molecule has 0 aromatic carbocycles. The van der Waals surface area contributed by atoms with Crippen molar-refractivity contribution in [2.75, 3.05) is 32.7 Å². The summed E-state index contributed by atoms with van der Waals surface area (Å²) >= 11 is 0. The Kier molecular flexibility index (Phi) is 11.5. The largest absolute Gasteiger partial charge is 0.343 e. The van der Waals surface area contributed by atoms with Gasteiger partial charge in [-0.1, -0.05) is 26.2 Å². The number of unbranched alkanes of at least 4 members (excludes halogenated alkanes) is 3. The number of rotatable bonds is 8. The van der Waals surface area contributed by atoms with Gasteiger partial charge in [0.2, 0.25) is 5.91 Å². The molecule has 0 aromatic rings. The topological polar surface area (TPSA) is 23.6 Å². The molecule has 1 aliphatic heterocycles. The lowest BCUT2D eigenvalue weighted by atomic mass is 9.96. The monoisotopic (exact) mass is 348 g/mol. The van der Waals surface area contributed by atoms with E-state index in [0.29, 0.717) is 5.91 Å². The minimum absolute atomic E-state index is 0. The molecule has 1 fully saturated rings. The molecule has 1 unspecified atom stereocenters. The van der Waals surface area contributed by atoms with Gasteiger partial charge in [-0.25, -0.2) is 0 Å². The smallest absolute Gasteiger partial charge is 0.226 e. The van der Waals surface area contributed by atoms with Crippen LogP contribution in [0, 0.1) is 5.92 Å². The fourth-order valence-electron chi connectivity index (χ4n) is 3.02. The Bertz CT molecular complexity index is 257. The van der Waals surface area contributed by atoms with Crippen molar-refractivity contribution in [3.63, 3.8) is 0 Å². The molecule has 120 valence electrons. The summed E-state index contributed by atoms with van der Waals surface area (Å²) < 4.78 is 0. The van der Waals surface area contributed by atoms with Gasteiger partial charge in [0.25, 0.3) is 0 Å². The van der Waals surface area contributed by atoms with Crippen molar-refractivity contribution in [1.29, 1.82) is 0 Å². The number of hydrogen-bond acceptors (Lipinski definition) is 2. The Morgan fingerprint density at radius 3 is 2.45 bits per heavy atom. The standard InChI is InChI=1S/C16H32N2O.BrH/c1-4-7-8-9-12-17-13-10-11-15(14-17)16(19)18(5-2)6-3;/h15H,4-14H2,1-3H3;1H. The van der Waals surface area contributed by atoms with Gasteiger partial charge in [0, 0.05) is 19.6 Å². The number of carbonyl (C=O) groups is 1. The average molecular weight is 349 g/mol. The van der Waals surface area contributed by atoms with Crippen LogP contribution in [0.3, 0.4) is 0 Å². The quantitative estimate of drug-likeness (QED) is 0.624. The van der Waals surface area contributed by atoms with Gasteiger partial charge in [0.05, 0.1) is 5.92 Å². The Balaban J connectivity index is 0.00000361. The molecular weight excluding hydrogens is 316 g/mol. The maximum atomic E-state index is 12.4. The van der Waals surface area contributed by atoms with Gasteiger partial charge in [0.15, 0.2) is 0 Å². The Morgan fingerprint density at radius 2 is 1.85 bits per heavy atom. The zero-order chi connectivity index (χ0) is 14.1. The lowest BCUT2D eigenvalue weighted by Crippen LogP contribution is -2.45. The fraction of sp³-hybridized carbons (Fsp3) is 0.938. The number of likely N-dealkylation sites (tertiary alicyclic amines) is 1. The number of piperidine rings is 1. The Morgan fingerprint density at radius 1 is 1.15 bits per heavy atom. The van der Waals surface area contributed by atoms with Crippen molar-refractivity contribution >= 4 is 22.9 Å². The van der Waals surface area contributed by atoms with Crippen LogP contribution < -0.4 is 0 Å². The highest BCUT2D eigenvalue weighted by atomic mass is 79.9. The molecule has 1 amide bonds. The second kappa shape index (κ2) is 11.6. The van der Waals surface area contributed by atoms with Crippen LogP contribution >= 0.6 is 17.0 Å². The summed E-state index contributed by atoms with van der Waals surface area (Å²) in [5.74, 6) is 0.628. The average Bonchev–Trinajstić information content (AvgIpc) is 2.45. The summed E-state index contributed by atoms with van der Waals surface area (Å²) in [5, 5.41) is 0. The van der Waals surface area contributed by atoms with Gasteiger partial charge in [0.1, 0.15) is 0 Å². The molecular formula is C16H33BrN2O. The van der Waals surface area contributed by atoms with Crippen molar-refractivity contribution in [1.82, 2.24) is 9.80 Å². The third-order valence-electron chi connectivity index (χ3n) is 4.26. The van der Waals surface area contributed by atoms with E-state index < -0.39 is 0 Å². The Labute approximate surface area is 135 Å². The van der Waals surface area contributed by atoms with Crippen LogP contribution in [0.5, 0.6) is 0 Å². The second-order valence-electron chi connectivity index (χ2n) is 5.71. The molecule has 0 aliphatic carbocycles. The molecule has 0 radical (unpaired) electrons. The first-order valence-corrected chi connectivity index (χ1v) is 8.24. The van der Waals surface area contributed by atoms with E-state index in [1.807, 2.05) is 4.90 Å². The van der Waals surface area contributed by atoms with Gasteiger partial charge in [-0.15, -0.1) is 17.0 Å². The van der Waals surface area contributed by atoms with Crippen LogP contribution in [0.4, 0.5) is 0 Å². The highest BCUT2D eigenvalue weighted by Gasteiger charge is 2.27. The number of carbonyl (C=O) groups excluding carboxylic acids is 1. The summed E-state index contributed by atoms with van der Waals surface area (Å²) in [4.78, 5) is 16.9. The van der Waals surface area contributed by atoms with E-state index in [0.717, 1.165) is 26.1 Å².